The lowest BCUT2D eigenvalue weighted by Crippen LogP contribution is -2.32. The molecule has 0 amide bonds. The Morgan fingerprint density at radius 3 is 2.43 bits per heavy atom. The van der Waals surface area contributed by atoms with Gasteiger partial charge in [0, 0.05) is 23.6 Å². The Bertz CT molecular complexity index is 1030. The summed E-state index contributed by atoms with van der Waals surface area (Å²) in [6, 6.07) is 20.2. The van der Waals surface area contributed by atoms with Crippen LogP contribution in [0.3, 0.4) is 0 Å². The second-order valence-electron chi connectivity index (χ2n) is 6.76. The Morgan fingerprint density at radius 2 is 1.71 bits per heavy atom. The van der Waals surface area contributed by atoms with Crippen LogP contribution in [-0.4, -0.2) is 23.3 Å². The monoisotopic (exact) mass is 376 g/mol. The number of aryl methyl sites for hydroxylation is 1. The largest absolute Gasteiger partial charge is 0.497 e. The second-order valence-corrected chi connectivity index (χ2v) is 6.76. The first-order chi connectivity index (χ1) is 13.5. The number of para-hydroxylation sites is 1. The van der Waals surface area contributed by atoms with Crippen LogP contribution in [0.2, 0.25) is 0 Å². The summed E-state index contributed by atoms with van der Waals surface area (Å²) in [5.41, 5.74) is 1.50. The van der Waals surface area contributed by atoms with Gasteiger partial charge in [0.05, 0.1) is 7.11 Å². The molecule has 1 unspecified atom stereocenters. The van der Waals surface area contributed by atoms with Crippen molar-refractivity contribution in [2.24, 2.45) is 0 Å². The zero-order chi connectivity index (χ0) is 19.7. The third-order valence-electron chi connectivity index (χ3n) is 5.07. The summed E-state index contributed by atoms with van der Waals surface area (Å²) < 4.78 is 11.3. The number of ether oxygens (including phenoxy) is 2. The van der Waals surface area contributed by atoms with Gasteiger partial charge in [0.15, 0.2) is 0 Å². The molecule has 1 atom stereocenters. The quantitative estimate of drug-likeness (QED) is 0.701. The number of carboxylic acid groups (broad SMARTS) is 1. The van der Waals surface area contributed by atoms with E-state index in [1.807, 2.05) is 54.6 Å². The van der Waals surface area contributed by atoms with Gasteiger partial charge in [-0.15, -0.1) is 0 Å². The highest BCUT2D eigenvalue weighted by Gasteiger charge is 2.42. The molecule has 0 saturated carbocycles. The Balaban J connectivity index is 1.82. The maximum Gasteiger partial charge on any atom is 0.303 e. The topological polar surface area (TPSA) is 76.0 Å². The summed E-state index contributed by atoms with van der Waals surface area (Å²) in [5.74, 6) is 0.935. The van der Waals surface area contributed by atoms with Gasteiger partial charge in [0.2, 0.25) is 0 Å². The fraction of sp³-hybridized carbons (Fsp3) is 0.174. The van der Waals surface area contributed by atoms with Gasteiger partial charge >= 0.3 is 5.97 Å². The molecule has 3 aromatic rings. The zero-order valence-corrected chi connectivity index (χ0v) is 15.4. The molecular weight excluding hydrogens is 356 g/mol. The van der Waals surface area contributed by atoms with E-state index in [4.69, 9.17) is 14.6 Å². The molecule has 2 N–H and O–H groups in total. The van der Waals surface area contributed by atoms with Crippen molar-refractivity contribution in [3.05, 3.63) is 89.0 Å². The van der Waals surface area contributed by atoms with Crippen LogP contribution >= 0.6 is 0 Å². The third kappa shape index (κ3) is 3.00. The van der Waals surface area contributed by atoms with Crippen LogP contribution in [-0.2, 0) is 16.8 Å². The molecule has 0 saturated heterocycles. The van der Waals surface area contributed by atoms with Gasteiger partial charge in [-0.3, -0.25) is 4.79 Å². The Morgan fingerprint density at radius 1 is 1.00 bits per heavy atom. The van der Waals surface area contributed by atoms with Crippen LogP contribution in [0, 0.1) is 0 Å². The summed E-state index contributed by atoms with van der Waals surface area (Å²) in [6.45, 7) is 0. The molecule has 5 nitrogen and oxygen atoms in total. The summed E-state index contributed by atoms with van der Waals surface area (Å²) in [5, 5.41) is 20.8. The molecule has 0 aromatic heterocycles. The number of hydrogen-bond donors (Lipinski definition) is 2. The van der Waals surface area contributed by atoms with E-state index in [9.17, 15) is 9.90 Å². The van der Waals surface area contributed by atoms with Crippen molar-refractivity contribution in [2.75, 3.05) is 7.11 Å². The van der Waals surface area contributed by atoms with Gasteiger partial charge in [-0.1, -0.05) is 42.5 Å². The molecule has 28 heavy (non-hydrogen) atoms. The highest BCUT2D eigenvalue weighted by atomic mass is 16.5. The average molecular weight is 376 g/mol. The highest BCUT2D eigenvalue weighted by Crippen LogP contribution is 2.50. The minimum absolute atomic E-state index is 0.0723. The normalized spacial score (nSPS) is 17.2. The number of aliphatic hydroxyl groups is 1. The van der Waals surface area contributed by atoms with E-state index in [0.29, 0.717) is 40.4 Å². The minimum Gasteiger partial charge on any atom is -0.497 e. The lowest BCUT2D eigenvalue weighted by molar-refractivity contribution is -0.136. The molecular formula is C23H20O5. The van der Waals surface area contributed by atoms with E-state index in [0.717, 1.165) is 5.56 Å². The van der Waals surface area contributed by atoms with Crippen molar-refractivity contribution >= 4 is 5.97 Å². The smallest absolute Gasteiger partial charge is 0.303 e. The molecule has 0 spiro atoms. The van der Waals surface area contributed by atoms with Crippen LogP contribution in [0.1, 0.15) is 28.7 Å². The SMILES string of the molecule is COc1ccc2c(c1)Oc1ccccc1C2(O)c1ccc(CCC(=O)O)cc1. The minimum atomic E-state index is -1.39. The first kappa shape index (κ1) is 18.1. The van der Waals surface area contributed by atoms with Crippen LogP contribution in [0.5, 0.6) is 17.2 Å². The Kier molecular flexibility index (Phi) is 4.53. The van der Waals surface area contributed by atoms with Crippen molar-refractivity contribution in [2.45, 2.75) is 18.4 Å². The number of benzene rings is 3. The summed E-state index contributed by atoms with van der Waals surface area (Å²) in [6.07, 6.45) is 0.518. The molecule has 142 valence electrons. The number of carbonyl (C=O) groups is 1. The van der Waals surface area contributed by atoms with E-state index >= 15 is 0 Å². The standard InChI is InChI=1S/C23H20O5/c1-27-17-11-12-19-21(14-17)28-20-5-3-2-4-18(20)23(19,26)16-9-6-15(7-10-16)8-13-22(24)25/h2-7,9-12,14,26H,8,13H2,1H3,(H,24,25). The van der Waals surface area contributed by atoms with Gasteiger partial charge in [-0.25, -0.2) is 0 Å². The van der Waals surface area contributed by atoms with Crippen molar-refractivity contribution in [3.8, 4) is 17.2 Å². The van der Waals surface area contributed by atoms with E-state index in [2.05, 4.69) is 0 Å². The molecule has 1 heterocycles. The van der Waals surface area contributed by atoms with Gasteiger partial charge in [0.25, 0.3) is 0 Å². The predicted octanol–water partition coefficient (Wildman–Crippen LogP) is 4.10. The second kappa shape index (κ2) is 7.02. The number of hydrogen-bond acceptors (Lipinski definition) is 4. The first-order valence-corrected chi connectivity index (χ1v) is 9.02. The van der Waals surface area contributed by atoms with Crippen molar-refractivity contribution < 1.29 is 24.5 Å². The Labute approximate surface area is 162 Å². The maximum absolute atomic E-state index is 11.9. The first-order valence-electron chi connectivity index (χ1n) is 9.02. The number of rotatable bonds is 5. The maximum atomic E-state index is 11.9. The Hall–Kier alpha value is -3.31. The fourth-order valence-corrected chi connectivity index (χ4v) is 3.61. The highest BCUT2D eigenvalue weighted by molar-refractivity contribution is 5.67. The lowest BCUT2D eigenvalue weighted by atomic mass is 9.78. The van der Waals surface area contributed by atoms with Gasteiger partial charge in [0.1, 0.15) is 22.8 Å². The van der Waals surface area contributed by atoms with Crippen molar-refractivity contribution in [3.63, 3.8) is 0 Å². The number of fused-ring (bicyclic) bond motifs is 2. The summed E-state index contributed by atoms with van der Waals surface area (Å²) in [4.78, 5) is 10.8. The molecule has 0 fully saturated rings. The number of aliphatic carboxylic acids is 1. The lowest BCUT2D eigenvalue weighted by Gasteiger charge is -2.36. The van der Waals surface area contributed by atoms with E-state index in [-0.39, 0.29) is 6.42 Å². The third-order valence-corrected chi connectivity index (χ3v) is 5.07. The van der Waals surface area contributed by atoms with Gasteiger partial charge in [-0.2, -0.15) is 0 Å². The van der Waals surface area contributed by atoms with Crippen LogP contribution < -0.4 is 9.47 Å². The van der Waals surface area contributed by atoms with E-state index in [1.54, 1.807) is 19.2 Å². The van der Waals surface area contributed by atoms with Crippen molar-refractivity contribution in [1.29, 1.82) is 0 Å². The number of methoxy groups -OCH3 is 1. The number of carboxylic acids is 1. The van der Waals surface area contributed by atoms with E-state index in [1.165, 1.54) is 0 Å². The fourth-order valence-electron chi connectivity index (χ4n) is 3.61. The summed E-state index contributed by atoms with van der Waals surface area (Å²) in [7, 11) is 1.58. The van der Waals surface area contributed by atoms with E-state index < -0.39 is 11.6 Å². The molecule has 0 aliphatic carbocycles. The average Bonchev–Trinajstić information content (AvgIpc) is 2.72. The molecule has 1 aliphatic rings. The molecule has 4 rings (SSSR count). The molecule has 3 aromatic carbocycles. The van der Waals surface area contributed by atoms with Crippen LogP contribution in [0.4, 0.5) is 0 Å². The predicted molar refractivity (Wildman–Crippen MR) is 104 cm³/mol. The van der Waals surface area contributed by atoms with Crippen LogP contribution in [0.15, 0.2) is 66.7 Å². The molecule has 0 bridgehead atoms. The molecule has 5 heteroatoms. The molecule has 0 radical (unpaired) electrons. The van der Waals surface area contributed by atoms with Gasteiger partial charge < -0.3 is 19.7 Å². The molecule has 1 aliphatic heterocycles. The zero-order valence-electron chi connectivity index (χ0n) is 15.4. The summed E-state index contributed by atoms with van der Waals surface area (Å²) >= 11 is 0. The van der Waals surface area contributed by atoms with Crippen LogP contribution in [0.25, 0.3) is 0 Å². The van der Waals surface area contributed by atoms with Gasteiger partial charge in [-0.05, 0) is 35.7 Å². The van der Waals surface area contributed by atoms with Crippen molar-refractivity contribution in [1.82, 2.24) is 0 Å².